The van der Waals surface area contributed by atoms with E-state index in [2.05, 4.69) is 29.8 Å². The van der Waals surface area contributed by atoms with E-state index in [9.17, 15) is 9.59 Å². The number of carbonyl (C=O) groups excluding carboxylic acids is 2. The summed E-state index contributed by atoms with van der Waals surface area (Å²) in [6.45, 7) is 6.50. The summed E-state index contributed by atoms with van der Waals surface area (Å²) in [6, 6.07) is 14.4. The van der Waals surface area contributed by atoms with Gasteiger partial charge in [0.2, 0.25) is 0 Å². The molecule has 0 bridgehead atoms. The summed E-state index contributed by atoms with van der Waals surface area (Å²) in [4.78, 5) is 23.7. The first kappa shape index (κ1) is 19.3. The summed E-state index contributed by atoms with van der Waals surface area (Å²) in [7, 11) is 0. The lowest BCUT2D eigenvalue weighted by Crippen LogP contribution is -2.28. The molecule has 0 heterocycles. The van der Waals surface area contributed by atoms with Gasteiger partial charge in [-0.25, -0.2) is 4.79 Å². The van der Waals surface area contributed by atoms with Crippen LogP contribution in [0.3, 0.4) is 0 Å². The van der Waals surface area contributed by atoms with Gasteiger partial charge in [0.05, 0.1) is 0 Å². The van der Waals surface area contributed by atoms with Crippen molar-refractivity contribution in [2.75, 3.05) is 23.8 Å². The van der Waals surface area contributed by atoms with Gasteiger partial charge in [0.15, 0.2) is 6.61 Å². The minimum atomic E-state index is -0.288. The van der Waals surface area contributed by atoms with Crippen LogP contribution in [-0.4, -0.2) is 25.1 Å². The zero-order valence-electron chi connectivity index (χ0n) is 15.3. The number of amides is 3. The number of ether oxygens (including phenoxy) is 1. The van der Waals surface area contributed by atoms with E-state index in [0.717, 1.165) is 5.56 Å². The van der Waals surface area contributed by atoms with Crippen LogP contribution >= 0.6 is 0 Å². The number of anilines is 2. The zero-order valence-corrected chi connectivity index (χ0v) is 15.3. The summed E-state index contributed by atoms with van der Waals surface area (Å²) in [6.07, 6.45) is 0. The second kappa shape index (κ2) is 9.46. The Morgan fingerprint density at radius 3 is 2.38 bits per heavy atom. The van der Waals surface area contributed by atoms with Crippen molar-refractivity contribution in [2.24, 2.45) is 0 Å². The highest BCUT2D eigenvalue weighted by Crippen LogP contribution is 2.20. The van der Waals surface area contributed by atoms with Gasteiger partial charge < -0.3 is 20.7 Å². The molecule has 0 aliphatic heterocycles. The molecule has 0 saturated carbocycles. The molecule has 0 spiro atoms. The summed E-state index contributed by atoms with van der Waals surface area (Å²) in [5.74, 6) is 0.792. The van der Waals surface area contributed by atoms with Crippen molar-refractivity contribution in [3.05, 3.63) is 54.1 Å². The molecule has 0 saturated heterocycles. The molecule has 0 fully saturated rings. The lowest BCUT2D eigenvalue weighted by Gasteiger charge is -2.11. The minimum Gasteiger partial charge on any atom is -0.484 e. The van der Waals surface area contributed by atoms with Crippen molar-refractivity contribution in [2.45, 2.75) is 26.7 Å². The van der Waals surface area contributed by atoms with Gasteiger partial charge in [-0.1, -0.05) is 32.0 Å². The van der Waals surface area contributed by atoms with Gasteiger partial charge in [0.25, 0.3) is 5.91 Å². The molecule has 0 unspecified atom stereocenters. The van der Waals surface area contributed by atoms with Crippen molar-refractivity contribution < 1.29 is 14.3 Å². The van der Waals surface area contributed by atoms with Crippen LogP contribution in [0.1, 0.15) is 32.3 Å². The predicted molar refractivity (Wildman–Crippen MR) is 104 cm³/mol. The molecular weight excluding hydrogens is 330 g/mol. The molecule has 2 rings (SSSR count). The van der Waals surface area contributed by atoms with Crippen LogP contribution in [0, 0.1) is 0 Å². The molecule has 6 heteroatoms. The monoisotopic (exact) mass is 355 g/mol. The Kier molecular flexibility index (Phi) is 7.02. The first-order valence-electron chi connectivity index (χ1n) is 8.65. The first-order valence-corrected chi connectivity index (χ1v) is 8.65. The summed E-state index contributed by atoms with van der Waals surface area (Å²) < 4.78 is 5.57. The Balaban J connectivity index is 1.89. The molecular formula is C20H25N3O3. The largest absolute Gasteiger partial charge is 0.484 e. The highest BCUT2D eigenvalue weighted by molar-refractivity contribution is 5.94. The fourth-order valence-electron chi connectivity index (χ4n) is 2.32. The molecule has 26 heavy (non-hydrogen) atoms. The van der Waals surface area contributed by atoms with E-state index in [-0.39, 0.29) is 18.5 Å². The smallest absolute Gasteiger partial charge is 0.319 e. The molecule has 2 aromatic carbocycles. The lowest BCUT2D eigenvalue weighted by molar-refractivity contribution is -0.118. The van der Waals surface area contributed by atoms with Gasteiger partial charge in [-0.2, -0.15) is 0 Å². The molecule has 0 atom stereocenters. The van der Waals surface area contributed by atoms with Crippen molar-refractivity contribution in [3.8, 4) is 5.75 Å². The summed E-state index contributed by atoms with van der Waals surface area (Å²) >= 11 is 0. The molecule has 3 amide bonds. The molecule has 0 aliphatic carbocycles. The molecule has 3 N–H and O–H groups in total. The van der Waals surface area contributed by atoms with Crippen molar-refractivity contribution >= 4 is 23.3 Å². The molecule has 138 valence electrons. The van der Waals surface area contributed by atoms with Gasteiger partial charge in [-0.3, -0.25) is 4.79 Å². The number of rotatable bonds is 7. The molecule has 0 radical (unpaired) electrons. The van der Waals surface area contributed by atoms with Crippen molar-refractivity contribution in [1.82, 2.24) is 5.32 Å². The molecule has 2 aromatic rings. The SMILES string of the molecule is CCNC(=O)Nc1cccc(NC(=O)COc2cccc(C(C)C)c2)c1. The number of hydrogen-bond acceptors (Lipinski definition) is 3. The van der Waals surface area contributed by atoms with Gasteiger partial charge in [-0.15, -0.1) is 0 Å². The highest BCUT2D eigenvalue weighted by atomic mass is 16.5. The number of nitrogens with one attached hydrogen (secondary N) is 3. The van der Waals surface area contributed by atoms with Crippen LogP contribution in [0.25, 0.3) is 0 Å². The van der Waals surface area contributed by atoms with Gasteiger partial charge >= 0.3 is 6.03 Å². The fraction of sp³-hybridized carbons (Fsp3) is 0.300. The topological polar surface area (TPSA) is 79.5 Å². The Morgan fingerprint density at radius 2 is 1.69 bits per heavy atom. The van der Waals surface area contributed by atoms with Crippen LogP contribution in [0.5, 0.6) is 5.75 Å². The van der Waals surface area contributed by atoms with E-state index in [1.54, 1.807) is 24.3 Å². The van der Waals surface area contributed by atoms with Gasteiger partial charge in [0, 0.05) is 17.9 Å². The first-order chi connectivity index (χ1) is 12.5. The van der Waals surface area contributed by atoms with E-state index in [1.165, 1.54) is 0 Å². The number of carbonyl (C=O) groups is 2. The number of benzene rings is 2. The van der Waals surface area contributed by atoms with Crippen LogP contribution in [0.2, 0.25) is 0 Å². The number of hydrogen-bond donors (Lipinski definition) is 3. The minimum absolute atomic E-state index is 0.0878. The Labute approximate surface area is 153 Å². The van der Waals surface area contributed by atoms with E-state index in [0.29, 0.717) is 29.6 Å². The van der Waals surface area contributed by atoms with Gasteiger partial charge in [-0.05, 0) is 48.7 Å². The molecule has 0 aromatic heterocycles. The van der Waals surface area contributed by atoms with Crippen LogP contribution in [0.15, 0.2) is 48.5 Å². The van der Waals surface area contributed by atoms with E-state index >= 15 is 0 Å². The Hall–Kier alpha value is -3.02. The quantitative estimate of drug-likeness (QED) is 0.703. The van der Waals surface area contributed by atoms with Crippen LogP contribution in [0.4, 0.5) is 16.2 Å². The summed E-state index contributed by atoms with van der Waals surface area (Å²) in [5, 5.41) is 8.11. The maximum absolute atomic E-state index is 12.1. The standard InChI is InChI=1S/C20H25N3O3/c1-4-21-20(25)23-17-9-6-8-16(12-17)22-19(24)13-26-18-10-5-7-15(11-18)14(2)3/h5-12,14H,4,13H2,1-3H3,(H,22,24)(H2,21,23,25). The zero-order chi connectivity index (χ0) is 18.9. The van der Waals surface area contributed by atoms with Crippen molar-refractivity contribution in [3.63, 3.8) is 0 Å². The predicted octanol–water partition coefficient (Wildman–Crippen LogP) is 3.97. The Morgan fingerprint density at radius 1 is 1.00 bits per heavy atom. The van der Waals surface area contributed by atoms with Gasteiger partial charge in [0.1, 0.15) is 5.75 Å². The lowest BCUT2D eigenvalue weighted by atomic mass is 10.0. The third kappa shape index (κ3) is 6.12. The maximum Gasteiger partial charge on any atom is 0.319 e. The molecule has 0 aliphatic rings. The molecule has 6 nitrogen and oxygen atoms in total. The average molecular weight is 355 g/mol. The third-order valence-electron chi connectivity index (χ3n) is 3.64. The normalized spacial score (nSPS) is 10.3. The average Bonchev–Trinajstić information content (AvgIpc) is 2.60. The van der Waals surface area contributed by atoms with Crippen LogP contribution < -0.4 is 20.7 Å². The summed E-state index contributed by atoms with van der Waals surface area (Å²) in [5.41, 5.74) is 2.34. The highest BCUT2D eigenvalue weighted by Gasteiger charge is 2.07. The van der Waals surface area contributed by atoms with E-state index in [1.807, 2.05) is 31.2 Å². The van der Waals surface area contributed by atoms with Crippen molar-refractivity contribution in [1.29, 1.82) is 0 Å². The Bertz CT molecular complexity index is 759. The second-order valence-electron chi connectivity index (χ2n) is 6.13. The van der Waals surface area contributed by atoms with Crippen LogP contribution in [-0.2, 0) is 4.79 Å². The van der Waals surface area contributed by atoms with E-state index < -0.39 is 0 Å². The maximum atomic E-state index is 12.1. The third-order valence-corrected chi connectivity index (χ3v) is 3.64. The second-order valence-corrected chi connectivity index (χ2v) is 6.13. The van der Waals surface area contributed by atoms with E-state index in [4.69, 9.17) is 4.74 Å². The number of urea groups is 1. The fourth-order valence-corrected chi connectivity index (χ4v) is 2.32.